The Morgan fingerprint density at radius 1 is 1.15 bits per heavy atom. The third kappa shape index (κ3) is 5.06. The summed E-state index contributed by atoms with van der Waals surface area (Å²) in [5.41, 5.74) is 2.43. The first kappa shape index (κ1) is 21.8. The Bertz CT molecular complexity index is 1340. The number of aromatic amines is 1. The highest BCUT2D eigenvalue weighted by Gasteiger charge is 2.13. The fourth-order valence-electron chi connectivity index (χ4n) is 3.16. The van der Waals surface area contributed by atoms with Crippen LogP contribution in [-0.4, -0.2) is 40.4 Å². The van der Waals surface area contributed by atoms with Crippen molar-refractivity contribution in [3.8, 4) is 11.6 Å². The predicted molar refractivity (Wildman–Crippen MR) is 121 cm³/mol. The van der Waals surface area contributed by atoms with Gasteiger partial charge in [0.1, 0.15) is 0 Å². The number of H-pyrrole nitrogens is 1. The zero-order valence-corrected chi connectivity index (χ0v) is 17.9. The molecule has 0 aliphatic rings. The van der Waals surface area contributed by atoms with Crippen molar-refractivity contribution in [1.82, 2.24) is 25.6 Å². The van der Waals surface area contributed by atoms with Crippen molar-refractivity contribution in [1.29, 1.82) is 0 Å². The molecule has 0 atom stereocenters. The molecule has 2 amide bonds. The summed E-state index contributed by atoms with van der Waals surface area (Å²) < 4.78 is 20.5. The van der Waals surface area contributed by atoms with Crippen molar-refractivity contribution in [2.75, 3.05) is 18.9 Å². The van der Waals surface area contributed by atoms with Crippen LogP contribution in [0.1, 0.15) is 16.1 Å². The van der Waals surface area contributed by atoms with E-state index in [-0.39, 0.29) is 30.0 Å². The molecule has 33 heavy (non-hydrogen) atoms. The van der Waals surface area contributed by atoms with Crippen LogP contribution >= 0.6 is 0 Å². The maximum Gasteiger partial charge on any atom is 0.251 e. The summed E-state index contributed by atoms with van der Waals surface area (Å²) in [5.74, 6) is -0.788. The van der Waals surface area contributed by atoms with Gasteiger partial charge in [-0.1, -0.05) is 6.07 Å². The number of aromatic nitrogens is 3. The van der Waals surface area contributed by atoms with Gasteiger partial charge in [-0.25, -0.2) is 9.37 Å². The van der Waals surface area contributed by atoms with Crippen LogP contribution in [-0.2, 0) is 4.79 Å². The maximum atomic E-state index is 14.8. The van der Waals surface area contributed by atoms with E-state index in [4.69, 9.17) is 4.74 Å². The Balaban J connectivity index is 1.48. The summed E-state index contributed by atoms with van der Waals surface area (Å²) in [7, 11) is 1.49. The third-order valence-corrected chi connectivity index (χ3v) is 4.75. The lowest BCUT2D eigenvalue weighted by atomic mass is 10.2. The number of carbonyl (C=O) groups excluding carboxylic acids is 2. The van der Waals surface area contributed by atoms with Crippen molar-refractivity contribution in [2.24, 2.45) is 0 Å². The molecule has 0 radical (unpaired) electrons. The van der Waals surface area contributed by atoms with Gasteiger partial charge in [0.25, 0.3) is 5.91 Å². The summed E-state index contributed by atoms with van der Waals surface area (Å²) in [5, 5.41) is 8.38. The molecule has 2 aromatic heterocycles. The van der Waals surface area contributed by atoms with Gasteiger partial charge in [-0.15, -0.1) is 0 Å². The van der Waals surface area contributed by atoms with Crippen molar-refractivity contribution in [2.45, 2.75) is 6.92 Å². The van der Waals surface area contributed by atoms with Crippen LogP contribution in [0.25, 0.3) is 10.9 Å². The van der Waals surface area contributed by atoms with E-state index in [0.717, 1.165) is 5.69 Å². The van der Waals surface area contributed by atoms with E-state index >= 15 is 0 Å². The summed E-state index contributed by atoms with van der Waals surface area (Å²) in [6.45, 7) is 1.73. The topological polar surface area (TPSA) is 121 Å². The highest BCUT2D eigenvalue weighted by Crippen LogP contribution is 2.30. The molecule has 0 spiro atoms. The number of hydrogen-bond donors (Lipinski definition) is 4. The second-order valence-electron chi connectivity index (χ2n) is 7.17. The van der Waals surface area contributed by atoms with Crippen LogP contribution < -0.4 is 20.7 Å². The number of likely N-dealkylation sites (N-methyl/N-ethyl adjacent to an activating group) is 1. The van der Waals surface area contributed by atoms with E-state index in [0.29, 0.717) is 22.2 Å². The summed E-state index contributed by atoms with van der Waals surface area (Å²) in [6.07, 6.45) is 1.47. The molecule has 2 heterocycles. The molecule has 0 fully saturated rings. The van der Waals surface area contributed by atoms with Crippen LogP contribution in [0.3, 0.4) is 0 Å². The van der Waals surface area contributed by atoms with E-state index in [1.54, 1.807) is 36.4 Å². The van der Waals surface area contributed by atoms with E-state index < -0.39 is 11.7 Å². The third-order valence-electron chi connectivity index (χ3n) is 4.75. The van der Waals surface area contributed by atoms with E-state index in [9.17, 15) is 14.0 Å². The molecular weight excluding hydrogens is 427 g/mol. The molecule has 0 aliphatic heterocycles. The van der Waals surface area contributed by atoms with Crippen molar-refractivity contribution in [3.63, 3.8) is 0 Å². The van der Waals surface area contributed by atoms with Gasteiger partial charge in [-0.3, -0.25) is 9.59 Å². The number of aryl methyl sites for hydroxylation is 1. The molecule has 0 aliphatic carbocycles. The van der Waals surface area contributed by atoms with Gasteiger partial charge in [-0.05, 0) is 43.3 Å². The Morgan fingerprint density at radius 2 is 2.00 bits per heavy atom. The Kier molecular flexibility index (Phi) is 6.16. The highest BCUT2D eigenvalue weighted by atomic mass is 19.1. The first-order valence-corrected chi connectivity index (χ1v) is 10.1. The monoisotopic (exact) mass is 448 g/mol. The molecule has 0 saturated heterocycles. The molecule has 168 valence electrons. The van der Waals surface area contributed by atoms with Crippen LogP contribution in [0.4, 0.5) is 16.0 Å². The van der Waals surface area contributed by atoms with Gasteiger partial charge in [-0.2, -0.15) is 4.98 Å². The molecule has 4 aromatic rings. The van der Waals surface area contributed by atoms with Gasteiger partial charge in [0, 0.05) is 47.2 Å². The second kappa shape index (κ2) is 9.35. The molecule has 0 unspecified atom stereocenters. The lowest BCUT2D eigenvalue weighted by molar-refractivity contribution is -0.119. The fourth-order valence-corrected chi connectivity index (χ4v) is 3.16. The number of nitrogens with one attached hydrogen (secondary N) is 4. The van der Waals surface area contributed by atoms with Crippen LogP contribution in [0.15, 0.2) is 54.7 Å². The average molecular weight is 448 g/mol. The Labute approximate surface area is 188 Å². The van der Waals surface area contributed by atoms with E-state index in [2.05, 4.69) is 30.9 Å². The molecule has 2 aromatic carbocycles. The molecule has 4 N–H and O–H groups in total. The fraction of sp³-hybridized carbons (Fsp3) is 0.130. The predicted octanol–water partition coefficient (Wildman–Crippen LogP) is 3.42. The van der Waals surface area contributed by atoms with Crippen LogP contribution in [0.2, 0.25) is 0 Å². The van der Waals surface area contributed by atoms with Crippen molar-refractivity contribution >= 4 is 34.4 Å². The van der Waals surface area contributed by atoms with Gasteiger partial charge < -0.3 is 25.7 Å². The van der Waals surface area contributed by atoms with Gasteiger partial charge in [0.2, 0.25) is 17.7 Å². The Morgan fingerprint density at radius 3 is 2.82 bits per heavy atom. The van der Waals surface area contributed by atoms with Crippen LogP contribution in [0, 0.1) is 12.7 Å². The Hall–Kier alpha value is -4.47. The smallest absolute Gasteiger partial charge is 0.251 e. The SMILES string of the molecule is CNC(=O)CNC(=O)c1cccc(Nc2nccc(Oc3ccc4[nH]c(C)cc4c3F)n2)c1. The highest BCUT2D eigenvalue weighted by molar-refractivity contribution is 5.97. The largest absolute Gasteiger partial charge is 0.436 e. The minimum Gasteiger partial charge on any atom is -0.436 e. The molecule has 4 rings (SSSR count). The zero-order valence-electron chi connectivity index (χ0n) is 17.9. The van der Waals surface area contributed by atoms with Gasteiger partial charge >= 0.3 is 0 Å². The summed E-state index contributed by atoms with van der Waals surface area (Å²) in [4.78, 5) is 35.0. The summed E-state index contributed by atoms with van der Waals surface area (Å²) >= 11 is 0. The number of carbonyl (C=O) groups is 2. The van der Waals surface area contributed by atoms with Crippen molar-refractivity contribution in [3.05, 3.63) is 71.8 Å². The van der Waals surface area contributed by atoms with Gasteiger partial charge in [0.05, 0.1) is 6.54 Å². The quantitative estimate of drug-likeness (QED) is 0.344. The zero-order chi connectivity index (χ0) is 23.4. The molecular formula is C23H21FN6O3. The molecule has 0 bridgehead atoms. The van der Waals surface area contributed by atoms with Crippen LogP contribution in [0.5, 0.6) is 11.6 Å². The summed E-state index contributed by atoms with van der Waals surface area (Å²) in [6, 6.07) is 13.1. The normalized spacial score (nSPS) is 10.6. The number of benzene rings is 2. The standard InChI is InChI=1S/C23H21FN6O3/c1-13-10-16-17(28-13)6-7-18(21(16)24)33-20-8-9-26-23(30-20)29-15-5-3-4-14(11-15)22(32)27-12-19(31)25-2/h3-11,28H,12H2,1-2H3,(H,25,31)(H,27,32)(H,26,29,30). The number of halogens is 1. The number of ether oxygens (including phenoxy) is 1. The average Bonchev–Trinajstić information content (AvgIpc) is 3.20. The van der Waals surface area contributed by atoms with Gasteiger partial charge in [0.15, 0.2) is 11.6 Å². The number of nitrogens with zero attached hydrogens (tertiary/aromatic N) is 2. The van der Waals surface area contributed by atoms with Crippen molar-refractivity contribution < 1.29 is 18.7 Å². The number of fused-ring (bicyclic) bond motifs is 1. The minimum absolute atomic E-state index is 0.0425. The number of rotatable bonds is 7. The molecule has 10 heteroatoms. The van der Waals surface area contributed by atoms with E-state index in [1.807, 2.05) is 6.92 Å². The number of hydrogen-bond acceptors (Lipinski definition) is 6. The first-order valence-electron chi connectivity index (χ1n) is 10.1. The first-order chi connectivity index (χ1) is 15.9. The maximum absolute atomic E-state index is 14.8. The minimum atomic E-state index is -0.486. The molecule has 9 nitrogen and oxygen atoms in total. The lowest BCUT2D eigenvalue weighted by Crippen LogP contribution is -2.35. The lowest BCUT2D eigenvalue weighted by Gasteiger charge is -2.10. The second-order valence-corrected chi connectivity index (χ2v) is 7.17. The molecule has 0 saturated carbocycles. The number of amides is 2. The number of anilines is 2. The van der Waals surface area contributed by atoms with E-state index in [1.165, 1.54) is 25.4 Å².